The van der Waals surface area contributed by atoms with Crippen LogP contribution in [0.25, 0.3) is 0 Å². The van der Waals surface area contributed by atoms with Crippen molar-refractivity contribution < 1.29 is 4.74 Å². The molecule has 0 bridgehead atoms. The fraction of sp³-hybridized carbons (Fsp3) is 0.625. The monoisotopic (exact) mass is 232 g/mol. The van der Waals surface area contributed by atoms with E-state index in [4.69, 9.17) is 4.74 Å². The normalized spacial score (nSPS) is 21.5. The Kier molecular flexibility index (Phi) is 2.76. The summed E-state index contributed by atoms with van der Waals surface area (Å²) in [6.07, 6.45) is 0. The van der Waals surface area contributed by atoms with E-state index in [1.54, 1.807) is 0 Å². The third kappa shape index (κ3) is 1.76. The van der Waals surface area contributed by atoms with Crippen LogP contribution in [-0.2, 0) is 0 Å². The second-order valence-electron chi connectivity index (χ2n) is 6.31. The number of ether oxygens (including phenoxy) is 1. The first-order valence-electron chi connectivity index (χ1n) is 6.55. The molecule has 17 heavy (non-hydrogen) atoms. The van der Waals surface area contributed by atoms with Crippen LogP contribution in [-0.4, -0.2) is 5.60 Å². The number of hydrogen-bond donors (Lipinski definition) is 0. The van der Waals surface area contributed by atoms with Crippen LogP contribution in [0.4, 0.5) is 0 Å². The van der Waals surface area contributed by atoms with E-state index in [9.17, 15) is 0 Å². The van der Waals surface area contributed by atoms with Crippen molar-refractivity contribution in [2.75, 3.05) is 0 Å². The second kappa shape index (κ2) is 3.76. The van der Waals surface area contributed by atoms with Crippen molar-refractivity contribution in [1.82, 2.24) is 0 Å². The highest BCUT2D eigenvalue weighted by Gasteiger charge is 2.44. The first-order valence-corrected chi connectivity index (χ1v) is 6.55. The van der Waals surface area contributed by atoms with E-state index in [1.165, 1.54) is 22.3 Å². The van der Waals surface area contributed by atoms with Crippen molar-refractivity contribution in [1.29, 1.82) is 0 Å². The Morgan fingerprint density at radius 3 is 2.24 bits per heavy atom. The van der Waals surface area contributed by atoms with Crippen molar-refractivity contribution in [2.24, 2.45) is 5.92 Å². The van der Waals surface area contributed by atoms with E-state index in [1.807, 2.05) is 0 Å². The molecular formula is C16H24O. The number of fused-ring (bicyclic) bond motifs is 1. The maximum absolute atomic E-state index is 6.26. The number of hydrogen-bond acceptors (Lipinski definition) is 1. The van der Waals surface area contributed by atoms with Gasteiger partial charge in [-0.25, -0.2) is 0 Å². The van der Waals surface area contributed by atoms with E-state index in [0.717, 1.165) is 5.75 Å². The summed E-state index contributed by atoms with van der Waals surface area (Å²) >= 11 is 0. The number of benzene rings is 1. The minimum atomic E-state index is -0.0835. The largest absolute Gasteiger partial charge is 0.487 e. The molecule has 0 spiro atoms. The summed E-state index contributed by atoms with van der Waals surface area (Å²) in [5, 5.41) is 0. The fourth-order valence-corrected chi connectivity index (χ4v) is 3.40. The average molecular weight is 232 g/mol. The summed E-state index contributed by atoms with van der Waals surface area (Å²) in [5.74, 6) is 2.25. The van der Waals surface area contributed by atoms with Crippen LogP contribution in [0.15, 0.2) is 6.07 Å². The van der Waals surface area contributed by atoms with E-state index in [-0.39, 0.29) is 5.60 Å². The van der Waals surface area contributed by atoms with Gasteiger partial charge in [-0.15, -0.1) is 0 Å². The zero-order chi connectivity index (χ0) is 13.0. The van der Waals surface area contributed by atoms with Crippen molar-refractivity contribution in [3.63, 3.8) is 0 Å². The van der Waals surface area contributed by atoms with Crippen LogP contribution in [0.2, 0.25) is 0 Å². The Morgan fingerprint density at radius 2 is 1.71 bits per heavy atom. The molecule has 1 atom stereocenters. The van der Waals surface area contributed by atoms with Gasteiger partial charge in [-0.05, 0) is 57.2 Å². The molecule has 1 heteroatoms. The molecular weight excluding hydrogens is 208 g/mol. The SMILES string of the molecule is Cc1cc(C)c2c(c1C)OC(C)(C)C2C(C)C. The van der Waals surface area contributed by atoms with Gasteiger partial charge in [-0.2, -0.15) is 0 Å². The van der Waals surface area contributed by atoms with Gasteiger partial charge in [0.2, 0.25) is 0 Å². The lowest BCUT2D eigenvalue weighted by Gasteiger charge is -2.29. The number of aryl methyl sites for hydroxylation is 2. The molecule has 1 heterocycles. The lowest BCUT2D eigenvalue weighted by Crippen LogP contribution is -2.33. The van der Waals surface area contributed by atoms with E-state index in [0.29, 0.717) is 11.8 Å². The standard InChI is InChI=1S/C16H24O/c1-9(2)14-13-11(4)8-10(3)12(5)15(13)17-16(14,6)7/h8-9,14H,1-7H3. The molecule has 0 amide bonds. The molecule has 1 aromatic carbocycles. The third-order valence-corrected chi connectivity index (χ3v) is 4.13. The van der Waals surface area contributed by atoms with Crippen LogP contribution in [0.3, 0.4) is 0 Å². The maximum atomic E-state index is 6.26. The zero-order valence-electron chi connectivity index (χ0n) is 12.1. The molecule has 0 saturated heterocycles. The lowest BCUT2D eigenvalue weighted by molar-refractivity contribution is 0.0916. The Morgan fingerprint density at radius 1 is 1.12 bits per heavy atom. The van der Waals surface area contributed by atoms with E-state index in [2.05, 4.69) is 54.5 Å². The number of rotatable bonds is 1. The molecule has 0 aliphatic carbocycles. The minimum Gasteiger partial charge on any atom is -0.487 e. The van der Waals surface area contributed by atoms with Crippen LogP contribution in [0.5, 0.6) is 5.75 Å². The summed E-state index contributed by atoms with van der Waals surface area (Å²) in [6.45, 7) is 15.6. The Hall–Kier alpha value is -0.980. The molecule has 0 N–H and O–H groups in total. The maximum Gasteiger partial charge on any atom is 0.127 e. The molecule has 1 unspecified atom stereocenters. The minimum absolute atomic E-state index is 0.0835. The third-order valence-electron chi connectivity index (χ3n) is 4.13. The highest BCUT2D eigenvalue weighted by atomic mass is 16.5. The topological polar surface area (TPSA) is 9.23 Å². The molecule has 0 radical (unpaired) electrons. The smallest absolute Gasteiger partial charge is 0.127 e. The molecule has 0 saturated carbocycles. The Bertz CT molecular complexity index is 455. The molecule has 94 valence electrons. The van der Waals surface area contributed by atoms with Crippen molar-refractivity contribution in [2.45, 2.75) is 60.0 Å². The van der Waals surface area contributed by atoms with Gasteiger partial charge in [0, 0.05) is 11.5 Å². The van der Waals surface area contributed by atoms with Gasteiger partial charge in [0.1, 0.15) is 11.4 Å². The molecule has 0 fully saturated rings. The highest BCUT2D eigenvalue weighted by Crippen LogP contribution is 2.51. The molecule has 1 aliphatic heterocycles. The van der Waals surface area contributed by atoms with Crippen LogP contribution in [0.1, 0.15) is 55.9 Å². The summed E-state index contributed by atoms with van der Waals surface area (Å²) in [4.78, 5) is 0. The van der Waals surface area contributed by atoms with Crippen LogP contribution in [0, 0.1) is 26.7 Å². The highest BCUT2D eigenvalue weighted by molar-refractivity contribution is 5.55. The Balaban J connectivity index is 2.68. The van der Waals surface area contributed by atoms with Gasteiger partial charge in [-0.1, -0.05) is 19.9 Å². The molecule has 0 aromatic heterocycles. The van der Waals surface area contributed by atoms with Gasteiger partial charge < -0.3 is 4.74 Å². The first-order chi connectivity index (χ1) is 7.75. The summed E-state index contributed by atoms with van der Waals surface area (Å²) < 4.78 is 6.26. The van der Waals surface area contributed by atoms with Gasteiger partial charge >= 0.3 is 0 Å². The predicted molar refractivity (Wildman–Crippen MR) is 72.9 cm³/mol. The van der Waals surface area contributed by atoms with Crippen LogP contribution < -0.4 is 4.74 Å². The van der Waals surface area contributed by atoms with Gasteiger partial charge in [0.25, 0.3) is 0 Å². The fourth-order valence-electron chi connectivity index (χ4n) is 3.40. The summed E-state index contributed by atoms with van der Waals surface area (Å²) in [5.41, 5.74) is 5.38. The van der Waals surface area contributed by atoms with Crippen molar-refractivity contribution >= 4 is 0 Å². The summed E-state index contributed by atoms with van der Waals surface area (Å²) in [6, 6.07) is 2.30. The van der Waals surface area contributed by atoms with Crippen LogP contribution >= 0.6 is 0 Å². The quantitative estimate of drug-likeness (QED) is 0.691. The second-order valence-corrected chi connectivity index (χ2v) is 6.31. The molecule has 1 aromatic rings. The van der Waals surface area contributed by atoms with E-state index >= 15 is 0 Å². The average Bonchev–Trinajstić information content (AvgIpc) is 2.47. The molecule has 1 aliphatic rings. The molecule has 1 nitrogen and oxygen atoms in total. The lowest BCUT2D eigenvalue weighted by atomic mass is 9.77. The van der Waals surface area contributed by atoms with Gasteiger partial charge in [-0.3, -0.25) is 0 Å². The predicted octanol–water partition coefficient (Wildman–Crippen LogP) is 4.52. The van der Waals surface area contributed by atoms with Gasteiger partial charge in [0.15, 0.2) is 0 Å². The van der Waals surface area contributed by atoms with Crippen molar-refractivity contribution in [3.8, 4) is 5.75 Å². The molecule has 2 rings (SSSR count). The Labute approximate surface area is 105 Å². The van der Waals surface area contributed by atoms with E-state index < -0.39 is 0 Å². The zero-order valence-corrected chi connectivity index (χ0v) is 12.1. The first kappa shape index (κ1) is 12.5. The van der Waals surface area contributed by atoms with Gasteiger partial charge in [0.05, 0.1) is 0 Å². The summed E-state index contributed by atoms with van der Waals surface area (Å²) in [7, 11) is 0. The van der Waals surface area contributed by atoms with Crippen molar-refractivity contribution in [3.05, 3.63) is 28.3 Å².